The highest BCUT2D eigenvalue weighted by atomic mass is 16.7. The molecule has 4 heteroatoms. The molecule has 136 valence electrons. The number of carbonyl (C=O) groups excluding carboxylic acids is 1. The molecule has 0 aliphatic heterocycles. The number of phenols is 1. The van der Waals surface area contributed by atoms with E-state index in [-0.39, 0.29) is 5.41 Å². The highest BCUT2D eigenvalue weighted by molar-refractivity contribution is 6.03. The second kappa shape index (κ2) is 6.94. The minimum Gasteiger partial charge on any atom is -0.508 e. The van der Waals surface area contributed by atoms with Crippen LogP contribution >= 0.6 is 0 Å². The Bertz CT molecular complexity index is 858. The van der Waals surface area contributed by atoms with E-state index in [4.69, 9.17) is 4.84 Å². The van der Waals surface area contributed by atoms with Crippen LogP contribution in [0.1, 0.15) is 66.2 Å². The van der Waals surface area contributed by atoms with E-state index in [1.54, 1.807) is 18.2 Å². The largest absolute Gasteiger partial charge is 0.508 e. The van der Waals surface area contributed by atoms with E-state index in [9.17, 15) is 9.90 Å². The lowest BCUT2D eigenvalue weighted by molar-refractivity contribution is 0.0515. The SMILES string of the molecule is Cc1cc2c(cc1O)CCC/C2=N\OC(=O)c1ccc(C(C)(C)C)cc1. The van der Waals surface area contributed by atoms with Gasteiger partial charge in [0.25, 0.3) is 0 Å². The Kier molecular flexibility index (Phi) is 4.86. The Balaban J connectivity index is 1.78. The highest BCUT2D eigenvalue weighted by Crippen LogP contribution is 2.28. The Morgan fingerprint density at radius 1 is 1.12 bits per heavy atom. The van der Waals surface area contributed by atoms with Crippen molar-refractivity contribution in [3.63, 3.8) is 0 Å². The number of oxime groups is 1. The van der Waals surface area contributed by atoms with Gasteiger partial charge in [0.2, 0.25) is 0 Å². The molecule has 0 aromatic heterocycles. The molecule has 0 spiro atoms. The third-order valence-electron chi connectivity index (χ3n) is 4.82. The van der Waals surface area contributed by atoms with Crippen molar-refractivity contribution >= 4 is 11.7 Å². The summed E-state index contributed by atoms with van der Waals surface area (Å²) in [7, 11) is 0. The van der Waals surface area contributed by atoms with Crippen LogP contribution in [0.4, 0.5) is 0 Å². The number of carbonyl (C=O) groups is 1. The number of hydrogen-bond acceptors (Lipinski definition) is 4. The van der Waals surface area contributed by atoms with Gasteiger partial charge in [-0.2, -0.15) is 0 Å². The fraction of sp³-hybridized carbons (Fsp3) is 0.364. The number of benzene rings is 2. The lowest BCUT2D eigenvalue weighted by Crippen LogP contribution is -2.14. The van der Waals surface area contributed by atoms with Crippen LogP contribution in [-0.4, -0.2) is 16.8 Å². The van der Waals surface area contributed by atoms with Crippen LogP contribution in [0.15, 0.2) is 41.6 Å². The number of aromatic hydroxyl groups is 1. The fourth-order valence-electron chi connectivity index (χ4n) is 3.15. The molecule has 0 heterocycles. The van der Waals surface area contributed by atoms with E-state index in [1.165, 1.54) is 0 Å². The first kappa shape index (κ1) is 18.2. The smallest absolute Gasteiger partial charge is 0.365 e. The van der Waals surface area contributed by atoms with Crippen molar-refractivity contribution in [2.24, 2.45) is 5.16 Å². The predicted molar refractivity (Wildman–Crippen MR) is 103 cm³/mol. The van der Waals surface area contributed by atoms with Crippen molar-refractivity contribution in [1.82, 2.24) is 0 Å². The van der Waals surface area contributed by atoms with Gasteiger partial charge in [-0.05, 0) is 72.6 Å². The molecule has 0 unspecified atom stereocenters. The number of rotatable bonds is 2. The van der Waals surface area contributed by atoms with Gasteiger partial charge in [-0.25, -0.2) is 4.79 Å². The van der Waals surface area contributed by atoms with Gasteiger partial charge in [-0.1, -0.05) is 38.1 Å². The summed E-state index contributed by atoms with van der Waals surface area (Å²) in [6.45, 7) is 8.25. The number of phenolic OH excluding ortho intramolecular Hbond substituents is 1. The summed E-state index contributed by atoms with van der Waals surface area (Å²) in [5.74, 6) is -0.165. The third kappa shape index (κ3) is 3.79. The average Bonchev–Trinajstić information content (AvgIpc) is 2.60. The molecule has 4 nitrogen and oxygen atoms in total. The minimum absolute atomic E-state index is 0.0396. The molecule has 1 aliphatic carbocycles. The zero-order valence-electron chi connectivity index (χ0n) is 15.8. The lowest BCUT2D eigenvalue weighted by atomic mass is 9.87. The molecule has 0 fully saturated rings. The molecule has 2 aromatic rings. The summed E-state index contributed by atoms with van der Waals surface area (Å²) >= 11 is 0. The summed E-state index contributed by atoms with van der Waals surface area (Å²) in [5, 5.41) is 14.0. The number of aryl methyl sites for hydroxylation is 2. The van der Waals surface area contributed by atoms with Gasteiger partial charge in [-0.3, -0.25) is 0 Å². The molecule has 0 saturated heterocycles. The van der Waals surface area contributed by atoms with Gasteiger partial charge in [0, 0.05) is 5.56 Å². The van der Waals surface area contributed by atoms with Crippen LogP contribution in [0.2, 0.25) is 0 Å². The van der Waals surface area contributed by atoms with Gasteiger partial charge in [0.15, 0.2) is 0 Å². The standard InChI is InChI=1S/C22H25NO3/c1-14-12-18-16(13-20(14)24)6-5-7-19(18)23-26-21(25)15-8-10-17(11-9-15)22(2,3)4/h8-13,24H,5-7H2,1-4H3/b23-19+. The molecule has 1 N–H and O–H groups in total. The molecular formula is C22H25NO3. The first-order valence-corrected chi connectivity index (χ1v) is 8.97. The minimum atomic E-state index is -0.458. The molecule has 3 rings (SSSR count). The summed E-state index contributed by atoms with van der Waals surface area (Å²) in [4.78, 5) is 17.5. The van der Waals surface area contributed by atoms with E-state index >= 15 is 0 Å². The lowest BCUT2D eigenvalue weighted by Gasteiger charge is -2.19. The molecule has 2 aromatic carbocycles. The van der Waals surface area contributed by atoms with Crippen LogP contribution in [-0.2, 0) is 16.7 Å². The van der Waals surface area contributed by atoms with Crippen LogP contribution in [0.3, 0.4) is 0 Å². The van der Waals surface area contributed by atoms with Crippen molar-refractivity contribution in [1.29, 1.82) is 0 Å². The molecule has 0 atom stereocenters. The van der Waals surface area contributed by atoms with Gasteiger partial charge in [-0.15, -0.1) is 0 Å². The molecule has 1 aliphatic rings. The normalized spacial score (nSPS) is 15.6. The highest BCUT2D eigenvalue weighted by Gasteiger charge is 2.19. The first-order valence-electron chi connectivity index (χ1n) is 8.97. The number of hydrogen-bond donors (Lipinski definition) is 1. The van der Waals surface area contributed by atoms with E-state index in [0.717, 1.165) is 47.2 Å². The molecule has 0 amide bonds. The maximum absolute atomic E-state index is 12.3. The predicted octanol–water partition coefficient (Wildman–Crippen LogP) is 4.90. The summed E-state index contributed by atoms with van der Waals surface area (Å²) in [5.41, 5.74) is 5.25. The first-order chi connectivity index (χ1) is 12.3. The Morgan fingerprint density at radius 2 is 1.81 bits per heavy atom. The Labute approximate surface area is 154 Å². The zero-order chi connectivity index (χ0) is 18.9. The second-order valence-electron chi connectivity index (χ2n) is 7.89. The molecule has 0 saturated carbocycles. The van der Waals surface area contributed by atoms with Crippen LogP contribution in [0.25, 0.3) is 0 Å². The maximum atomic E-state index is 12.3. The average molecular weight is 351 g/mol. The Hall–Kier alpha value is -2.62. The van der Waals surface area contributed by atoms with Gasteiger partial charge < -0.3 is 9.94 Å². The monoisotopic (exact) mass is 351 g/mol. The summed E-state index contributed by atoms with van der Waals surface area (Å²) in [6.07, 6.45) is 2.57. The van der Waals surface area contributed by atoms with Gasteiger partial charge in [0.05, 0.1) is 11.3 Å². The molecule has 0 bridgehead atoms. The van der Waals surface area contributed by atoms with E-state index < -0.39 is 5.97 Å². The van der Waals surface area contributed by atoms with E-state index in [2.05, 4.69) is 25.9 Å². The maximum Gasteiger partial charge on any atom is 0.365 e. The third-order valence-corrected chi connectivity index (χ3v) is 4.82. The number of fused-ring (bicyclic) bond motifs is 1. The van der Waals surface area contributed by atoms with Gasteiger partial charge >= 0.3 is 5.97 Å². The van der Waals surface area contributed by atoms with Crippen LogP contribution in [0, 0.1) is 6.92 Å². The van der Waals surface area contributed by atoms with E-state index in [1.807, 2.05) is 25.1 Å². The van der Waals surface area contributed by atoms with E-state index in [0.29, 0.717) is 11.3 Å². The van der Waals surface area contributed by atoms with Crippen LogP contribution in [0.5, 0.6) is 5.75 Å². The van der Waals surface area contributed by atoms with Crippen molar-refractivity contribution in [2.75, 3.05) is 0 Å². The number of nitrogens with zero attached hydrogens (tertiary/aromatic N) is 1. The van der Waals surface area contributed by atoms with Crippen LogP contribution < -0.4 is 0 Å². The Morgan fingerprint density at radius 3 is 2.46 bits per heavy atom. The molecule has 0 radical (unpaired) electrons. The zero-order valence-corrected chi connectivity index (χ0v) is 15.8. The topological polar surface area (TPSA) is 58.9 Å². The van der Waals surface area contributed by atoms with Crippen molar-refractivity contribution < 1.29 is 14.7 Å². The van der Waals surface area contributed by atoms with Crippen molar-refractivity contribution in [3.05, 3.63) is 64.2 Å². The molecular weight excluding hydrogens is 326 g/mol. The summed E-state index contributed by atoms with van der Waals surface area (Å²) in [6, 6.07) is 11.2. The summed E-state index contributed by atoms with van der Waals surface area (Å²) < 4.78 is 0. The van der Waals surface area contributed by atoms with Gasteiger partial charge in [0.1, 0.15) is 5.75 Å². The molecule has 26 heavy (non-hydrogen) atoms. The van der Waals surface area contributed by atoms with Crippen molar-refractivity contribution in [3.8, 4) is 5.75 Å². The second-order valence-corrected chi connectivity index (χ2v) is 7.89. The fourth-order valence-corrected chi connectivity index (χ4v) is 3.15. The quantitative estimate of drug-likeness (QED) is 0.619. The van der Waals surface area contributed by atoms with Crippen molar-refractivity contribution in [2.45, 2.75) is 52.4 Å².